The third-order valence-corrected chi connectivity index (χ3v) is 4.50. The van der Waals surface area contributed by atoms with E-state index >= 15 is 0 Å². The number of amides is 1. The van der Waals surface area contributed by atoms with Gasteiger partial charge in [0.2, 0.25) is 0 Å². The molecule has 0 spiro atoms. The number of fused-ring (bicyclic) bond motifs is 1. The highest BCUT2D eigenvalue weighted by Crippen LogP contribution is 2.24. The van der Waals surface area contributed by atoms with Crippen molar-refractivity contribution in [1.82, 2.24) is 24.5 Å². The minimum absolute atomic E-state index is 0.0309. The van der Waals surface area contributed by atoms with E-state index in [1.54, 1.807) is 22.8 Å². The number of aryl methyl sites for hydroxylation is 2. The van der Waals surface area contributed by atoms with Crippen molar-refractivity contribution in [3.63, 3.8) is 0 Å². The molecule has 2 aromatic rings. The largest absolute Gasteiger partial charge is 0.476 e. The van der Waals surface area contributed by atoms with Gasteiger partial charge in [0.05, 0.1) is 18.3 Å². The summed E-state index contributed by atoms with van der Waals surface area (Å²) in [4.78, 5) is 25.9. The highest BCUT2D eigenvalue weighted by Gasteiger charge is 2.30. The van der Waals surface area contributed by atoms with Crippen molar-refractivity contribution in [3.05, 3.63) is 34.4 Å². The lowest BCUT2D eigenvalue weighted by Gasteiger charge is -2.27. The third kappa shape index (κ3) is 2.57. The Morgan fingerprint density at radius 3 is 2.79 bits per heavy atom. The van der Waals surface area contributed by atoms with Crippen LogP contribution in [0, 0.1) is 6.92 Å². The van der Waals surface area contributed by atoms with Crippen LogP contribution in [0.3, 0.4) is 0 Å². The molecule has 24 heavy (non-hydrogen) atoms. The Kier molecular flexibility index (Phi) is 4.13. The number of hydrogen-bond acceptors (Lipinski definition) is 4. The monoisotopic (exact) mass is 331 g/mol. The number of carboxylic acid groups (broad SMARTS) is 1. The molecule has 2 aromatic heterocycles. The predicted molar refractivity (Wildman–Crippen MR) is 85.9 cm³/mol. The van der Waals surface area contributed by atoms with Gasteiger partial charge < -0.3 is 10.0 Å². The maximum absolute atomic E-state index is 12.8. The van der Waals surface area contributed by atoms with Gasteiger partial charge in [0.1, 0.15) is 0 Å². The number of carbonyl (C=O) groups excluding carboxylic acids is 1. The van der Waals surface area contributed by atoms with Gasteiger partial charge in [0.15, 0.2) is 5.69 Å². The van der Waals surface area contributed by atoms with Gasteiger partial charge in [0, 0.05) is 43.5 Å². The average molecular weight is 331 g/mol. The van der Waals surface area contributed by atoms with E-state index < -0.39 is 5.97 Å². The van der Waals surface area contributed by atoms with Gasteiger partial charge in [-0.3, -0.25) is 14.2 Å². The van der Waals surface area contributed by atoms with E-state index in [0.29, 0.717) is 24.1 Å². The van der Waals surface area contributed by atoms with Crippen LogP contribution in [0.4, 0.5) is 0 Å². The SMILES string of the molecule is CCCn1ncc(C(=O)N2CCc3c(c(C(=O)O)nn3C)C2)c1C. The van der Waals surface area contributed by atoms with E-state index in [0.717, 1.165) is 24.4 Å². The molecular weight excluding hydrogens is 310 g/mol. The average Bonchev–Trinajstić information content (AvgIpc) is 3.08. The smallest absolute Gasteiger partial charge is 0.356 e. The van der Waals surface area contributed by atoms with E-state index in [4.69, 9.17) is 0 Å². The lowest BCUT2D eigenvalue weighted by molar-refractivity contribution is 0.0674. The molecule has 3 rings (SSSR count). The first-order valence-corrected chi connectivity index (χ1v) is 8.03. The molecule has 0 unspecified atom stereocenters. The van der Waals surface area contributed by atoms with E-state index in [-0.39, 0.29) is 18.1 Å². The third-order valence-electron chi connectivity index (χ3n) is 4.50. The molecule has 0 aromatic carbocycles. The van der Waals surface area contributed by atoms with Crippen molar-refractivity contribution in [1.29, 1.82) is 0 Å². The van der Waals surface area contributed by atoms with Crippen molar-refractivity contribution in [2.24, 2.45) is 7.05 Å². The first-order chi connectivity index (χ1) is 11.4. The van der Waals surface area contributed by atoms with Crippen LogP contribution in [0.2, 0.25) is 0 Å². The Bertz CT molecular complexity index is 805. The molecule has 0 aliphatic carbocycles. The van der Waals surface area contributed by atoms with Crippen LogP contribution in [0.1, 0.15) is 51.1 Å². The Morgan fingerprint density at radius 2 is 2.12 bits per heavy atom. The number of hydrogen-bond donors (Lipinski definition) is 1. The minimum atomic E-state index is -1.06. The molecule has 0 saturated carbocycles. The first kappa shape index (κ1) is 16.2. The minimum Gasteiger partial charge on any atom is -0.476 e. The predicted octanol–water partition coefficient (Wildman–Crippen LogP) is 1.23. The molecule has 1 aliphatic heterocycles. The highest BCUT2D eigenvalue weighted by atomic mass is 16.4. The van der Waals surface area contributed by atoms with Crippen LogP contribution in [-0.2, 0) is 26.6 Å². The second kappa shape index (κ2) is 6.10. The van der Waals surface area contributed by atoms with E-state index in [1.807, 2.05) is 11.6 Å². The Balaban J connectivity index is 1.87. The van der Waals surface area contributed by atoms with Crippen molar-refractivity contribution in [2.75, 3.05) is 6.54 Å². The Morgan fingerprint density at radius 1 is 1.38 bits per heavy atom. The van der Waals surface area contributed by atoms with Crippen LogP contribution >= 0.6 is 0 Å². The molecule has 3 heterocycles. The highest BCUT2D eigenvalue weighted by molar-refractivity contribution is 5.95. The number of rotatable bonds is 4. The van der Waals surface area contributed by atoms with E-state index in [9.17, 15) is 14.7 Å². The molecular formula is C16H21N5O3. The molecule has 0 fully saturated rings. The summed E-state index contributed by atoms with van der Waals surface area (Å²) >= 11 is 0. The van der Waals surface area contributed by atoms with Gasteiger partial charge in [-0.25, -0.2) is 4.79 Å². The van der Waals surface area contributed by atoms with Crippen LogP contribution < -0.4 is 0 Å². The second-order valence-corrected chi connectivity index (χ2v) is 6.05. The van der Waals surface area contributed by atoms with Gasteiger partial charge in [-0.15, -0.1) is 0 Å². The molecule has 1 aliphatic rings. The molecule has 1 amide bonds. The lowest BCUT2D eigenvalue weighted by Crippen LogP contribution is -2.36. The Labute approximate surface area is 139 Å². The zero-order chi connectivity index (χ0) is 17.4. The van der Waals surface area contributed by atoms with E-state index in [2.05, 4.69) is 17.1 Å². The fourth-order valence-corrected chi connectivity index (χ4v) is 3.20. The standard InChI is InChI=1S/C16H21N5O3/c1-4-6-21-10(2)11(8-17-21)15(22)20-7-5-13-12(9-20)14(16(23)24)18-19(13)3/h8H,4-7,9H2,1-3H3,(H,23,24). The summed E-state index contributed by atoms with van der Waals surface area (Å²) in [7, 11) is 1.74. The summed E-state index contributed by atoms with van der Waals surface area (Å²) < 4.78 is 3.43. The van der Waals surface area contributed by atoms with Crippen LogP contribution in [0.5, 0.6) is 0 Å². The quantitative estimate of drug-likeness (QED) is 0.909. The van der Waals surface area contributed by atoms with Crippen molar-refractivity contribution in [2.45, 2.75) is 39.8 Å². The molecule has 128 valence electrons. The van der Waals surface area contributed by atoms with Gasteiger partial charge in [-0.05, 0) is 13.3 Å². The zero-order valence-corrected chi connectivity index (χ0v) is 14.1. The Hall–Kier alpha value is -2.64. The summed E-state index contributed by atoms with van der Waals surface area (Å²) in [5.41, 5.74) is 2.96. The second-order valence-electron chi connectivity index (χ2n) is 6.05. The topological polar surface area (TPSA) is 93.2 Å². The summed E-state index contributed by atoms with van der Waals surface area (Å²) in [6, 6.07) is 0. The molecule has 8 heteroatoms. The normalized spacial score (nSPS) is 13.9. The van der Waals surface area contributed by atoms with E-state index in [1.165, 1.54) is 0 Å². The van der Waals surface area contributed by atoms with Gasteiger partial charge in [0.25, 0.3) is 5.91 Å². The maximum Gasteiger partial charge on any atom is 0.356 e. The van der Waals surface area contributed by atoms with Gasteiger partial charge in [-0.1, -0.05) is 6.92 Å². The number of aromatic nitrogens is 4. The first-order valence-electron chi connectivity index (χ1n) is 8.03. The fourth-order valence-electron chi connectivity index (χ4n) is 3.20. The molecule has 1 N–H and O–H groups in total. The van der Waals surface area contributed by atoms with Crippen molar-refractivity contribution >= 4 is 11.9 Å². The lowest BCUT2D eigenvalue weighted by atomic mass is 10.0. The number of aromatic carboxylic acids is 1. The van der Waals surface area contributed by atoms with Crippen LogP contribution in [0.25, 0.3) is 0 Å². The summed E-state index contributed by atoms with van der Waals surface area (Å²) in [5.74, 6) is -1.17. The van der Waals surface area contributed by atoms with Crippen LogP contribution in [-0.4, -0.2) is 48.0 Å². The van der Waals surface area contributed by atoms with Crippen molar-refractivity contribution < 1.29 is 14.7 Å². The number of carbonyl (C=O) groups is 2. The number of carboxylic acids is 1. The summed E-state index contributed by atoms with van der Waals surface area (Å²) in [5, 5.41) is 17.7. The summed E-state index contributed by atoms with van der Waals surface area (Å²) in [6.07, 6.45) is 3.14. The number of nitrogens with zero attached hydrogens (tertiary/aromatic N) is 5. The maximum atomic E-state index is 12.8. The van der Waals surface area contributed by atoms with Crippen molar-refractivity contribution in [3.8, 4) is 0 Å². The molecule has 8 nitrogen and oxygen atoms in total. The molecule has 0 radical (unpaired) electrons. The van der Waals surface area contributed by atoms with Gasteiger partial charge >= 0.3 is 5.97 Å². The zero-order valence-electron chi connectivity index (χ0n) is 14.1. The fraction of sp³-hybridized carbons (Fsp3) is 0.500. The molecule has 0 saturated heterocycles. The summed E-state index contributed by atoms with van der Waals surface area (Å²) in [6.45, 7) is 5.53. The van der Waals surface area contributed by atoms with Gasteiger partial charge in [-0.2, -0.15) is 10.2 Å². The molecule has 0 atom stereocenters. The molecule has 0 bridgehead atoms. The van der Waals surface area contributed by atoms with Crippen LogP contribution in [0.15, 0.2) is 6.20 Å².